The van der Waals surface area contributed by atoms with Gasteiger partial charge in [0, 0.05) is 28.1 Å². The molecule has 0 spiro atoms. The van der Waals surface area contributed by atoms with Crippen molar-refractivity contribution in [1.29, 1.82) is 0 Å². The van der Waals surface area contributed by atoms with Gasteiger partial charge in [-0.2, -0.15) is 0 Å². The fraction of sp³-hybridized carbons (Fsp3) is 0.200. The molecule has 0 aliphatic heterocycles. The summed E-state index contributed by atoms with van der Waals surface area (Å²) >= 11 is 24.2. The molecule has 0 fully saturated rings. The minimum Gasteiger partial charge on any atom is -0.388 e. The van der Waals surface area contributed by atoms with Crippen LogP contribution >= 0.6 is 46.4 Å². The number of aliphatic hydroxyl groups is 1. The number of halogens is 4. The predicted molar refractivity (Wildman–Crippen MR) is 89.7 cm³/mol. The third-order valence-electron chi connectivity index (χ3n) is 3.30. The quantitative estimate of drug-likeness (QED) is 0.794. The Hall–Kier alpha value is -0.480. The van der Waals surface area contributed by atoms with Crippen molar-refractivity contribution < 1.29 is 5.11 Å². The van der Waals surface area contributed by atoms with Gasteiger partial charge in [0.1, 0.15) is 0 Å². The molecule has 0 aliphatic rings. The summed E-state index contributed by atoms with van der Waals surface area (Å²) in [6.07, 6.45) is -0.937. The zero-order chi connectivity index (χ0) is 15.6. The van der Waals surface area contributed by atoms with Crippen LogP contribution in [0.4, 0.5) is 0 Å². The number of hydrogen-bond acceptors (Lipinski definition) is 2. The molecule has 3 N–H and O–H groups in total. The highest BCUT2D eigenvalue weighted by Gasteiger charge is 2.26. The Morgan fingerprint density at radius 1 is 0.905 bits per heavy atom. The van der Waals surface area contributed by atoms with Crippen molar-refractivity contribution in [2.45, 2.75) is 12.0 Å². The minimum absolute atomic E-state index is 0.209. The summed E-state index contributed by atoms with van der Waals surface area (Å²) in [4.78, 5) is 0. The maximum atomic E-state index is 10.6. The van der Waals surface area contributed by atoms with Gasteiger partial charge in [0.2, 0.25) is 0 Å². The lowest BCUT2D eigenvalue weighted by Crippen LogP contribution is -2.20. The fourth-order valence-electron chi connectivity index (χ4n) is 2.18. The third-order valence-corrected chi connectivity index (χ3v) is 4.70. The zero-order valence-electron chi connectivity index (χ0n) is 10.9. The number of nitrogens with two attached hydrogens (primary N) is 1. The molecule has 0 aliphatic carbocycles. The smallest absolute Gasteiger partial charge is 0.0899 e. The van der Waals surface area contributed by atoms with Crippen LogP contribution in [0.5, 0.6) is 0 Å². The second-order valence-electron chi connectivity index (χ2n) is 4.60. The fourth-order valence-corrected chi connectivity index (χ4v) is 3.11. The van der Waals surface area contributed by atoms with Crippen molar-refractivity contribution in [1.82, 2.24) is 0 Å². The summed E-state index contributed by atoms with van der Waals surface area (Å²) in [5.74, 6) is -0.392. The first-order chi connectivity index (χ1) is 9.95. The number of hydrogen-bond donors (Lipinski definition) is 2. The van der Waals surface area contributed by atoms with E-state index in [4.69, 9.17) is 52.1 Å². The Bertz CT molecular complexity index is 627. The lowest BCUT2D eigenvalue weighted by atomic mass is 9.89. The van der Waals surface area contributed by atoms with Crippen molar-refractivity contribution in [3.05, 3.63) is 67.6 Å². The monoisotopic (exact) mass is 363 g/mol. The largest absolute Gasteiger partial charge is 0.388 e. The zero-order valence-corrected chi connectivity index (χ0v) is 13.9. The van der Waals surface area contributed by atoms with Crippen molar-refractivity contribution in [2.75, 3.05) is 6.54 Å². The minimum atomic E-state index is -0.937. The van der Waals surface area contributed by atoms with E-state index in [0.29, 0.717) is 25.7 Å². The van der Waals surface area contributed by atoms with Gasteiger partial charge in [0.25, 0.3) is 0 Å². The highest BCUT2D eigenvalue weighted by atomic mass is 35.5. The Morgan fingerprint density at radius 3 is 2.05 bits per heavy atom. The van der Waals surface area contributed by atoms with Crippen molar-refractivity contribution in [3.63, 3.8) is 0 Å². The molecule has 0 heterocycles. The van der Waals surface area contributed by atoms with E-state index < -0.39 is 12.0 Å². The van der Waals surface area contributed by atoms with Gasteiger partial charge >= 0.3 is 0 Å². The maximum absolute atomic E-state index is 10.6. The molecular formula is C15H13Cl4NO. The molecular weight excluding hydrogens is 352 g/mol. The highest BCUT2D eigenvalue weighted by Crippen LogP contribution is 2.39. The Morgan fingerprint density at radius 2 is 1.52 bits per heavy atom. The maximum Gasteiger partial charge on any atom is 0.0899 e. The lowest BCUT2D eigenvalue weighted by Gasteiger charge is -2.24. The molecule has 0 saturated carbocycles. The molecule has 0 radical (unpaired) electrons. The van der Waals surface area contributed by atoms with E-state index in [2.05, 4.69) is 0 Å². The van der Waals surface area contributed by atoms with Gasteiger partial charge in [0.15, 0.2) is 0 Å². The number of benzene rings is 2. The van der Waals surface area contributed by atoms with Gasteiger partial charge < -0.3 is 10.8 Å². The van der Waals surface area contributed by atoms with E-state index >= 15 is 0 Å². The molecule has 2 atom stereocenters. The first kappa shape index (κ1) is 16.9. The highest BCUT2D eigenvalue weighted by molar-refractivity contribution is 6.42. The van der Waals surface area contributed by atoms with Crippen LogP contribution in [-0.4, -0.2) is 11.7 Å². The van der Waals surface area contributed by atoms with Gasteiger partial charge in [-0.3, -0.25) is 0 Å². The topological polar surface area (TPSA) is 46.2 Å². The van der Waals surface area contributed by atoms with E-state index in [9.17, 15) is 5.11 Å². The standard InChI is InChI=1S/C15H13Cl4NO/c16-10-5-4-8(6-13(10)19)9(7-20)15(21)14-11(17)2-1-3-12(14)18/h1-6,9,15,21H,7,20H2. The van der Waals surface area contributed by atoms with Crippen LogP contribution in [-0.2, 0) is 0 Å². The lowest BCUT2D eigenvalue weighted by molar-refractivity contribution is 0.147. The Labute approximate surface area is 143 Å². The second-order valence-corrected chi connectivity index (χ2v) is 6.22. The SMILES string of the molecule is NCC(c1ccc(Cl)c(Cl)c1)C(O)c1c(Cl)cccc1Cl. The molecule has 2 unspecified atom stereocenters. The van der Waals surface area contributed by atoms with Gasteiger partial charge in [-0.25, -0.2) is 0 Å². The molecule has 2 aromatic carbocycles. The van der Waals surface area contributed by atoms with Gasteiger partial charge in [-0.1, -0.05) is 58.5 Å². The van der Waals surface area contributed by atoms with Gasteiger partial charge in [-0.15, -0.1) is 0 Å². The molecule has 6 heteroatoms. The van der Waals surface area contributed by atoms with E-state index in [1.54, 1.807) is 36.4 Å². The summed E-state index contributed by atoms with van der Waals surface area (Å²) < 4.78 is 0. The molecule has 2 nitrogen and oxygen atoms in total. The van der Waals surface area contributed by atoms with Crippen LogP contribution in [0, 0.1) is 0 Å². The Balaban J connectivity index is 2.43. The number of aliphatic hydroxyl groups excluding tert-OH is 1. The van der Waals surface area contributed by atoms with Crippen molar-refractivity contribution >= 4 is 46.4 Å². The van der Waals surface area contributed by atoms with Crippen molar-refractivity contribution in [2.24, 2.45) is 5.73 Å². The van der Waals surface area contributed by atoms with Crippen molar-refractivity contribution in [3.8, 4) is 0 Å². The van der Waals surface area contributed by atoms with Gasteiger partial charge in [-0.05, 0) is 29.8 Å². The van der Waals surface area contributed by atoms with Crippen LogP contribution in [0.3, 0.4) is 0 Å². The van der Waals surface area contributed by atoms with E-state index in [1.807, 2.05) is 0 Å². The van der Waals surface area contributed by atoms with Crippen LogP contribution in [0.1, 0.15) is 23.1 Å². The predicted octanol–water partition coefficient (Wildman–Crippen LogP) is 5.08. The average molecular weight is 365 g/mol. The van der Waals surface area contributed by atoms with E-state index in [0.717, 1.165) is 5.56 Å². The van der Waals surface area contributed by atoms with Crippen LogP contribution in [0.25, 0.3) is 0 Å². The number of rotatable bonds is 4. The normalized spacial score (nSPS) is 14.0. The summed E-state index contributed by atoms with van der Waals surface area (Å²) in [6.45, 7) is 0.209. The third kappa shape index (κ3) is 3.65. The molecule has 0 aromatic heterocycles. The molecule has 0 saturated heterocycles. The second kappa shape index (κ2) is 7.19. The van der Waals surface area contributed by atoms with Crippen LogP contribution < -0.4 is 5.73 Å². The summed E-state index contributed by atoms with van der Waals surface area (Å²) in [5, 5.41) is 12.3. The summed E-state index contributed by atoms with van der Waals surface area (Å²) in [5.41, 5.74) is 7.04. The first-order valence-corrected chi connectivity index (χ1v) is 7.74. The molecule has 0 bridgehead atoms. The van der Waals surface area contributed by atoms with E-state index in [1.165, 1.54) is 0 Å². The molecule has 21 heavy (non-hydrogen) atoms. The summed E-state index contributed by atoms with van der Waals surface area (Å²) in [6, 6.07) is 10.2. The van der Waals surface area contributed by atoms with Crippen LogP contribution in [0.15, 0.2) is 36.4 Å². The molecule has 2 aromatic rings. The van der Waals surface area contributed by atoms with E-state index in [-0.39, 0.29) is 6.54 Å². The average Bonchev–Trinajstić information content (AvgIpc) is 2.43. The molecule has 112 valence electrons. The van der Waals surface area contributed by atoms with Crippen LogP contribution in [0.2, 0.25) is 20.1 Å². The Kier molecular flexibility index (Phi) is 5.78. The first-order valence-electron chi connectivity index (χ1n) is 6.22. The molecule has 0 amide bonds. The summed E-state index contributed by atoms with van der Waals surface area (Å²) in [7, 11) is 0. The van der Waals surface area contributed by atoms with Gasteiger partial charge in [0.05, 0.1) is 16.1 Å². The molecule has 2 rings (SSSR count).